The van der Waals surface area contributed by atoms with Crippen molar-refractivity contribution in [2.45, 2.75) is 0 Å². The molecule has 0 amide bonds. The minimum Gasteiger partial charge on any atom is -0.383 e. The monoisotopic (exact) mass is 245 g/mol. The number of nitrogen functional groups attached to an aromatic ring is 1. The van der Waals surface area contributed by atoms with E-state index in [0.717, 1.165) is 5.52 Å². The summed E-state index contributed by atoms with van der Waals surface area (Å²) >= 11 is 6.19. The van der Waals surface area contributed by atoms with Crippen LogP contribution in [0, 0.1) is 0 Å². The fourth-order valence-corrected chi connectivity index (χ4v) is 1.92. The summed E-state index contributed by atoms with van der Waals surface area (Å²) in [5.41, 5.74) is 7.82. The molecule has 0 fully saturated rings. The van der Waals surface area contributed by atoms with Gasteiger partial charge in [0, 0.05) is 24.2 Å². The molecule has 0 bridgehead atoms. The molecule has 0 aliphatic carbocycles. The first-order valence-corrected chi connectivity index (χ1v) is 5.31. The van der Waals surface area contributed by atoms with Crippen LogP contribution in [0.5, 0.6) is 0 Å². The molecule has 0 saturated heterocycles. The maximum atomic E-state index is 6.19. The number of pyridine rings is 2. The Bertz CT molecular complexity index is 691. The fraction of sp³-hybridized carbons (Fsp3) is 0. The zero-order chi connectivity index (χ0) is 11.8. The van der Waals surface area contributed by atoms with Gasteiger partial charge < -0.3 is 5.73 Å². The van der Waals surface area contributed by atoms with E-state index in [-0.39, 0.29) is 0 Å². The number of anilines is 1. The van der Waals surface area contributed by atoms with Crippen molar-refractivity contribution >= 4 is 28.8 Å². The van der Waals surface area contributed by atoms with Crippen LogP contribution in [0.15, 0.2) is 36.7 Å². The first-order valence-electron chi connectivity index (χ1n) is 4.98. The summed E-state index contributed by atoms with van der Waals surface area (Å²) in [6.07, 6.45) is 3.29. The SMILES string of the molecule is Nc1ncccc1-c1nc2ncccc2n1Cl. The summed E-state index contributed by atoms with van der Waals surface area (Å²) in [7, 11) is 0. The van der Waals surface area contributed by atoms with Gasteiger partial charge in [0.1, 0.15) is 11.3 Å². The fourth-order valence-electron chi connectivity index (χ4n) is 1.66. The van der Waals surface area contributed by atoms with Crippen molar-refractivity contribution in [3.8, 4) is 11.4 Å². The van der Waals surface area contributed by atoms with Crippen molar-refractivity contribution in [1.82, 2.24) is 19.0 Å². The number of nitrogens with two attached hydrogens (primary N) is 1. The summed E-state index contributed by atoms with van der Waals surface area (Å²) in [4.78, 5) is 12.5. The van der Waals surface area contributed by atoms with E-state index in [1.807, 2.05) is 12.1 Å². The topological polar surface area (TPSA) is 69.6 Å². The van der Waals surface area contributed by atoms with Crippen LogP contribution in [0.4, 0.5) is 5.82 Å². The van der Waals surface area contributed by atoms with Gasteiger partial charge >= 0.3 is 0 Å². The maximum Gasteiger partial charge on any atom is 0.179 e. The van der Waals surface area contributed by atoms with Crippen molar-refractivity contribution in [3.05, 3.63) is 36.7 Å². The number of imidazole rings is 1. The Morgan fingerprint density at radius 2 is 1.88 bits per heavy atom. The molecular weight excluding hydrogens is 238 g/mol. The lowest BCUT2D eigenvalue weighted by Crippen LogP contribution is -1.96. The van der Waals surface area contributed by atoms with Gasteiger partial charge in [-0.3, -0.25) is 0 Å². The third-order valence-electron chi connectivity index (χ3n) is 2.45. The van der Waals surface area contributed by atoms with E-state index in [2.05, 4.69) is 15.0 Å². The Hall–Kier alpha value is -2.14. The second-order valence-electron chi connectivity index (χ2n) is 3.50. The molecule has 84 valence electrons. The van der Waals surface area contributed by atoms with Gasteiger partial charge in [-0.1, -0.05) is 0 Å². The van der Waals surface area contributed by atoms with Crippen molar-refractivity contribution in [2.24, 2.45) is 0 Å². The minimum atomic E-state index is 0.393. The lowest BCUT2D eigenvalue weighted by molar-refractivity contribution is 1.22. The van der Waals surface area contributed by atoms with E-state index in [4.69, 9.17) is 17.5 Å². The van der Waals surface area contributed by atoms with Crippen LogP contribution in [-0.2, 0) is 0 Å². The molecular formula is C11H8ClN5. The van der Waals surface area contributed by atoms with Crippen molar-refractivity contribution in [1.29, 1.82) is 0 Å². The maximum absolute atomic E-state index is 6.19. The molecule has 0 aliphatic rings. The molecule has 0 spiro atoms. The standard InChI is InChI=1S/C11H8ClN5/c12-17-8-4-2-6-15-10(8)16-11(17)7-3-1-5-14-9(7)13/h1-6H,(H2,13,14). The van der Waals surface area contributed by atoms with Crippen molar-refractivity contribution in [3.63, 3.8) is 0 Å². The number of hydrogen-bond donors (Lipinski definition) is 1. The molecule has 3 aromatic rings. The molecule has 17 heavy (non-hydrogen) atoms. The molecule has 3 rings (SSSR count). The van der Waals surface area contributed by atoms with Gasteiger partial charge in [0.05, 0.1) is 5.56 Å². The number of halogens is 1. The normalized spacial score (nSPS) is 10.9. The van der Waals surface area contributed by atoms with Crippen LogP contribution >= 0.6 is 11.8 Å². The lowest BCUT2D eigenvalue weighted by Gasteiger charge is -2.02. The average molecular weight is 246 g/mol. The van der Waals surface area contributed by atoms with E-state index in [0.29, 0.717) is 22.9 Å². The number of hydrogen-bond acceptors (Lipinski definition) is 4. The predicted molar refractivity (Wildman–Crippen MR) is 66.4 cm³/mol. The quantitative estimate of drug-likeness (QED) is 0.713. The summed E-state index contributed by atoms with van der Waals surface area (Å²) in [5, 5.41) is 0. The highest BCUT2D eigenvalue weighted by Gasteiger charge is 2.14. The Morgan fingerprint density at radius 1 is 1.12 bits per heavy atom. The number of nitrogens with zero attached hydrogens (tertiary/aromatic N) is 4. The smallest absolute Gasteiger partial charge is 0.179 e. The third kappa shape index (κ3) is 1.52. The van der Waals surface area contributed by atoms with Crippen molar-refractivity contribution in [2.75, 3.05) is 5.73 Å². The molecule has 6 heteroatoms. The minimum absolute atomic E-state index is 0.393. The Labute approximate surface area is 102 Å². The molecule has 0 saturated carbocycles. The summed E-state index contributed by atoms with van der Waals surface area (Å²) in [5.74, 6) is 0.940. The van der Waals surface area contributed by atoms with Crippen LogP contribution in [0.2, 0.25) is 0 Å². The first kappa shape index (κ1) is 10.0. The average Bonchev–Trinajstić information content (AvgIpc) is 2.68. The largest absolute Gasteiger partial charge is 0.383 e. The van der Waals surface area contributed by atoms with E-state index in [1.54, 1.807) is 24.5 Å². The van der Waals surface area contributed by atoms with E-state index < -0.39 is 0 Å². The highest BCUT2D eigenvalue weighted by Crippen LogP contribution is 2.27. The van der Waals surface area contributed by atoms with Crippen LogP contribution in [-0.4, -0.2) is 19.0 Å². The van der Waals surface area contributed by atoms with Gasteiger partial charge in [-0.05, 0) is 24.3 Å². The van der Waals surface area contributed by atoms with Gasteiger partial charge in [0.25, 0.3) is 0 Å². The van der Waals surface area contributed by atoms with Gasteiger partial charge in [-0.15, -0.1) is 0 Å². The highest BCUT2D eigenvalue weighted by molar-refractivity contribution is 6.20. The predicted octanol–water partition coefficient (Wildman–Crippen LogP) is 2.08. The zero-order valence-electron chi connectivity index (χ0n) is 8.71. The molecule has 3 heterocycles. The van der Waals surface area contributed by atoms with Gasteiger partial charge in [-0.25, -0.2) is 19.0 Å². The third-order valence-corrected chi connectivity index (χ3v) is 2.80. The first-order chi connectivity index (χ1) is 8.27. The number of aromatic nitrogens is 4. The molecule has 0 aromatic carbocycles. The lowest BCUT2D eigenvalue weighted by atomic mass is 10.2. The second kappa shape index (κ2) is 3.71. The molecule has 0 radical (unpaired) electrons. The van der Waals surface area contributed by atoms with Gasteiger partial charge in [0.15, 0.2) is 11.5 Å². The van der Waals surface area contributed by atoms with E-state index in [1.165, 1.54) is 4.09 Å². The van der Waals surface area contributed by atoms with Crippen LogP contribution < -0.4 is 5.73 Å². The van der Waals surface area contributed by atoms with E-state index >= 15 is 0 Å². The number of rotatable bonds is 1. The van der Waals surface area contributed by atoms with Gasteiger partial charge in [-0.2, -0.15) is 0 Å². The molecule has 5 nitrogen and oxygen atoms in total. The summed E-state index contributed by atoms with van der Waals surface area (Å²) < 4.78 is 1.44. The Balaban J connectivity index is 2.32. The second-order valence-corrected chi connectivity index (χ2v) is 3.84. The highest BCUT2D eigenvalue weighted by atomic mass is 35.5. The van der Waals surface area contributed by atoms with Crippen molar-refractivity contribution < 1.29 is 0 Å². The summed E-state index contributed by atoms with van der Waals surface area (Å²) in [6, 6.07) is 7.26. The zero-order valence-corrected chi connectivity index (χ0v) is 9.46. The Morgan fingerprint density at radius 3 is 2.65 bits per heavy atom. The van der Waals surface area contributed by atoms with Gasteiger partial charge in [0.2, 0.25) is 0 Å². The molecule has 0 atom stereocenters. The van der Waals surface area contributed by atoms with Crippen LogP contribution in [0.1, 0.15) is 0 Å². The van der Waals surface area contributed by atoms with Crippen LogP contribution in [0.3, 0.4) is 0 Å². The number of fused-ring (bicyclic) bond motifs is 1. The molecule has 3 aromatic heterocycles. The molecule has 2 N–H and O–H groups in total. The molecule has 0 unspecified atom stereocenters. The molecule has 0 aliphatic heterocycles. The van der Waals surface area contributed by atoms with E-state index in [9.17, 15) is 0 Å². The summed E-state index contributed by atoms with van der Waals surface area (Å²) in [6.45, 7) is 0. The van der Waals surface area contributed by atoms with Crippen LogP contribution in [0.25, 0.3) is 22.6 Å². The Kier molecular flexibility index (Phi) is 2.19.